The average Bonchev–Trinajstić information content (AvgIpc) is 2.93. The van der Waals surface area contributed by atoms with Gasteiger partial charge in [-0.05, 0) is 42.5 Å². The first-order chi connectivity index (χ1) is 17.2. The summed E-state index contributed by atoms with van der Waals surface area (Å²) in [6, 6.07) is 30.6. The highest BCUT2D eigenvalue weighted by molar-refractivity contribution is 6.12. The molecular weight excluding hydrogens is 426 g/mol. The van der Waals surface area contributed by atoms with E-state index in [0.29, 0.717) is 11.5 Å². The van der Waals surface area contributed by atoms with Crippen LogP contribution in [0, 0.1) is 0 Å². The highest BCUT2D eigenvalue weighted by Crippen LogP contribution is 2.30. The number of aryl methyl sites for hydroxylation is 1. The van der Waals surface area contributed by atoms with Crippen LogP contribution in [-0.2, 0) is 6.42 Å². The van der Waals surface area contributed by atoms with E-state index in [0.717, 1.165) is 46.5 Å². The van der Waals surface area contributed by atoms with Crippen molar-refractivity contribution in [2.24, 2.45) is 9.98 Å². The third kappa shape index (κ3) is 5.10. The Bertz CT molecular complexity index is 1430. The van der Waals surface area contributed by atoms with Gasteiger partial charge in [0.15, 0.2) is 5.84 Å². The van der Waals surface area contributed by atoms with Crippen LogP contribution in [0.25, 0.3) is 23.0 Å². The predicted octanol–water partition coefficient (Wildman–Crippen LogP) is 7.63. The topological polar surface area (TPSA) is 37.6 Å². The molecule has 35 heavy (non-hydrogen) atoms. The number of rotatable bonds is 5. The molecule has 1 aliphatic carbocycles. The molecule has 0 fully saturated rings. The molecule has 0 atom stereocenters. The summed E-state index contributed by atoms with van der Waals surface area (Å²) in [7, 11) is 0. The van der Waals surface area contributed by atoms with E-state index in [2.05, 4.69) is 66.2 Å². The van der Waals surface area contributed by atoms with Gasteiger partial charge in [0.2, 0.25) is 0 Å². The number of hydrogen-bond donors (Lipinski definition) is 0. The van der Waals surface area contributed by atoms with Crippen molar-refractivity contribution in [3.05, 3.63) is 138 Å². The number of allylic oxidation sites excluding steroid dienone is 1. The Morgan fingerprint density at radius 3 is 2.17 bits per heavy atom. The van der Waals surface area contributed by atoms with Crippen LogP contribution < -0.4 is 0 Å². The molecule has 5 rings (SSSR count). The van der Waals surface area contributed by atoms with Gasteiger partial charge in [-0.1, -0.05) is 104 Å². The minimum Gasteiger partial charge on any atom is -0.256 e. The molecule has 4 aromatic rings. The third-order valence-corrected chi connectivity index (χ3v) is 6.17. The van der Waals surface area contributed by atoms with E-state index in [1.807, 2.05) is 61.7 Å². The summed E-state index contributed by atoms with van der Waals surface area (Å²) in [6.45, 7) is 6.27. The molecule has 0 saturated carbocycles. The second-order valence-electron chi connectivity index (χ2n) is 8.56. The minimum atomic E-state index is 0.643. The van der Waals surface area contributed by atoms with Crippen molar-refractivity contribution in [3.63, 3.8) is 0 Å². The normalized spacial score (nSPS) is 13.4. The zero-order valence-corrected chi connectivity index (χ0v) is 19.9. The van der Waals surface area contributed by atoms with Gasteiger partial charge in [0, 0.05) is 28.6 Å². The van der Waals surface area contributed by atoms with Crippen LogP contribution in [0.5, 0.6) is 0 Å². The number of aromatic nitrogens is 1. The SMILES string of the molecule is C=C(N=C(N=C(C)c1ccccc1)c1ccccc1)c1ccc(-c2nccc3c2C=CCC3)cc1. The highest BCUT2D eigenvalue weighted by Gasteiger charge is 2.12. The van der Waals surface area contributed by atoms with Crippen LogP contribution in [0.2, 0.25) is 0 Å². The maximum Gasteiger partial charge on any atom is 0.160 e. The second kappa shape index (κ2) is 10.3. The maximum atomic E-state index is 4.88. The molecule has 1 aromatic heterocycles. The van der Waals surface area contributed by atoms with Crippen molar-refractivity contribution in [2.75, 3.05) is 0 Å². The number of hydrogen-bond acceptors (Lipinski definition) is 2. The molecule has 0 unspecified atom stereocenters. The van der Waals surface area contributed by atoms with E-state index in [1.54, 1.807) is 0 Å². The van der Waals surface area contributed by atoms with Crippen LogP contribution in [0.15, 0.2) is 120 Å². The van der Waals surface area contributed by atoms with E-state index in [-0.39, 0.29) is 0 Å². The van der Waals surface area contributed by atoms with Gasteiger partial charge in [0.1, 0.15) is 0 Å². The number of nitrogens with zero attached hydrogens (tertiary/aromatic N) is 3. The molecule has 0 saturated heterocycles. The lowest BCUT2D eigenvalue weighted by atomic mass is 9.93. The second-order valence-corrected chi connectivity index (χ2v) is 8.56. The molecule has 0 spiro atoms. The van der Waals surface area contributed by atoms with Crippen LogP contribution >= 0.6 is 0 Å². The first-order valence-electron chi connectivity index (χ1n) is 11.9. The standard InChI is InChI=1S/C32H27N3/c1-23(25-11-5-3-6-12-25)34-32(29-14-7-4-8-15-29)35-24(2)26-17-19-28(20-18-26)31-30-16-10-9-13-27(30)21-22-33-31/h3-8,10-12,14-22H,2,9,13H2,1H3. The van der Waals surface area contributed by atoms with Gasteiger partial charge >= 0.3 is 0 Å². The monoisotopic (exact) mass is 453 g/mol. The van der Waals surface area contributed by atoms with Gasteiger partial charge in [0.25, 0.3) is 0 Å². The highest BCUT2D eigenvalue weighted by atomic mass is 14.9. The van der Waals surface area contributed by atoms with Gasteiger partial charge in [-0.2, -0.15) is 0 Å². The number of amidine groups is 1. The van der Waals surface area contributed by atoms with Crippen molar-refractivity contribution in [1.29, 1.82) is 0 Å². The van der Waals surface area contributed by atoms with Gasteiger partial charge in [-0.25, -0.2) is 9.98 Å². The Labute approximate surface area is 207 Å². The lowest BCUT2D eigenvalue weighted by molar-refractivity contribution is 0.978. The van der Waals surface area contributed by atoms with Gasteiger partial charge < -0.3 is 0 Å². The van der Waals surface area contributed by atoms with Crippen molar-refractivity contribution in [2.45, 2.75) is 19.8 Å². The maximum absolute atomic E-state index is 4.88. The summed E-state index contributed by atoms with van der Waals surface area (Å²) in [5.74, 6) is 0.643. The Balaban J connectivity index is 1.47. The first kappa shape index (κ1) is 22.4. The largest absolute Gasteiger partial charge is 0.256 e. The fourth-order valence-electron chi connectivity index (χ4n) is 4.24. The van der Waals surface area contributed by atoms with Gasteiger partial charge in [0.05, 0.1) is 11.4 Å². The van der Waals surface area contributed by atoms with E-state index in [4.69, 9.17) is 9.98 Å². The summed E-state index contributed by atoms with van der Waals surface area (Å²) in [5.41, 5.74) is 9.24. The third-order valence-electron chi connectivity index (χ3n) is 6.17. The molecule has 0 amide bonds. The van der Waals surface area contributed by atoms with E-state index in [9.17, 15) is 0 Å². The molecule has 0 N–H and O–H groups in total. The molecule has 0 radical (unpaired) electrons. The van der Waals surface area contributed by atoms with Crippen molar-refractivity contribution in [3.8, 4) is 11.3 Å². The molecule has 170 valence electrons. The van der Waals surface area contributed by atoms with Crippen molar-refractivity contribution >= 4 is 23.3 Å². The Morgan fingerprint density at radius 2 is 1.46 bits per heavy atom. The summed E-state index contributed by atoms with van der Waals surface area (Å²) < 4.78 is 0. The van der Waals surface area contributed by atoms with Crippen LogP contribution in [0.4, 0.5) is 0 Å². The first-order valence-corrected chi connectivity index (χ1v) is 11.9. The summed E-state index contributed by atoms with van der Waals surface area (Å²) in [6.07, 6.45) is 8.47. The molecule has 3 aromatic carbocycles. The fourth-order valence-corrected chi connectivity index (χ4v) is 4.24. The summed E-state index contributed by atoms with van der Waals surface area (Å²) in [5, 5.41) is 0. The summed E-state index contributed by atoms with van der Waals surface area (Å²) >= 11 is 0. The van der Waals surface area contributed by atoms with E-state index < -0.39 is 0 Å². The zero-order chi connectivity index (χ0) is 24.0. The van der Waals surface area contributed by atoms with Gasteiger partial charge in [-0.3, -0.25) is 4.98 Å². The van der Waals surface area contributed by atoms with Crippen LogP contribution in [0.1, 0.15) is 41.2 Å². The lowest BCUT2D eigenvalue weighted by Gasteiger charge is -2.14. The molecule has 0 aliphatic heterocycles. The number of pyridine rings is 1. The van der Waals surface area contributed by atoms with Crippen molar-refractivity contribution < 1.29 is 0 Å². The fraction of sp³-hybridized carbons (Fsp3) is 0.0938. The molecule has 3 heteroatoms. The molecule has 1 heterocycles. The molecular formula is C32H27N3. The summed E-state index contributed by atoms with van der Waals surface area (Å²) in [4.78, 5) is 14.4. The number of fused-ring (bicyclic) bond motifs is 1. The lowest BCUT2D eigenvalue weighted by Crippen LogP contribution is -2.04. The Kier molecular flexibility index (Phi) is 6.58. The van der Waals surface area contributed by atoms with E-state index >= 15 is 0 Å². The molecule has 0 bridgehead atoms. The van der Waals surface area contributed by atoms with Crippen LogP contribution in [-0.4, -0.2) is 16.5 Å². The molecule has 3 nitrogen and oxygen atoms in total. The quantitative estimate of drug-likeness (QED) is 0.226. The van der Waals surface area contributed by atoms with E-state index in [1.165, 1.54) is 11.1 Å². The predicted molar refractivity (Wildman–Crippen MR) is 148 cm³/mol. The minimum absolute atomic E-state index is 0.643. The number of benzene rings is 3. The average molecular weight is 454 g/mol. The Morgan fingerprint density at radius 1 is 0.771 bits per heavy atom. The van der Waals surface area contributed by atoms with Crippen molar-refractivity contribution in [1.82, 2.24) is 4.98 Å². The molecule has 1 aliphatic rings. The smallest absolute Gasteiger partial charge is 0.160 e. The number of aliphatic imine (C=N–C) groups is 2. The van der Waals surface area contributed by atoms with Gasteiger partial charge in [-0.15, -0.1) is 0 Å². The van der Waals surface area contributed by atoms with Crippen LogP contribution in [0.3, 0.4) is 0 Å². The Hall–Kier alpha value is -4.37. The zero-order valence-electron chi connectivity index (χ0n) is 19.9.